The fourth-order valence-electron chi connectivity index (χ4n) is 3.23. The van der Waals surface area contributed by atoms with Crippen LogP contribution in [0.2, 0.25) is 10.0 Å². The van der Waals surface area contributed by atoms with E-state index in [1.165, 1.54) is 0 Å². The molecule has 0 bridgehead atoms. The zero-order valence-electron chi connectivity index (χ0n) is 17.8. The highest BCUT2D eigenvalue weighted by atomic mass is 35.5. The number of pyridine rings is 1. The molecule has 0 saturated heterocycles. The Morgan fingerprint density at radius 2 is 1.76 bits per heavy atom. The third-order valence-electron chi connectivity index (χ3n) is 5.17. The predicted molar refractivity (Wildman–Crippen MR) is 123 cm³/mol. The van der Waals surface area contributed by atoms with Gasteiger partial charge in [-0.1, -0.05) is 41.4 Å². The van der Waals surface area contributed by atoms with Gasteiger partial charge < -0.3 is 9.47 Å². The minimum absolute atomic E-state index is 0.0529. The van der Waals surface area contributed by atoms with Crippen LogP contribution in [0.5, 0.6) is 5.75 Å². The Kier molecular flexibility index (Phi) is 8.43. The van der Waals surface area contributed by atoms with E-state index >= 15 is 0 Å². The molecule has 0 saturated carbocycles. The number of halogens is 5. The molecule has 0 spiro atoms. The number of esters is 1. The minimum atomic E-state index is -1.99. The maximum Gasteiger partial charge on any atom is 0.360 e. The highest BCUT2D eigenvalue weighted by Gasteiger charge is 2.34. The Balaban J connectivity index is 2.25. The molecule has 0 amide bonds. The molecule has 0 aliphatic rings. The van der Waals surface area contributed by atoms with Crippen LogP contribution in [-0.2, 0) is 11.2 Å². The van der Waals surface area contributed by atoms with Crippen LogP contribution < -0.4 is 4.74 Å². The SMILES string of the molecule is CCOC(=O)c1nc2ccc(Cl)cc2c(Cc2ccccc2Cl)c1OCC(CF)(CF)CF. The fraction of sp³-hybridized carbons (Fsp3) is 0.333. The van der Waals surface area contributed by atoms with E-state index in [1.54, 1.807) is 49.4 Å². The number of carbonyl (C=O) groups is 1. The number of carbonyl (C=O) groups excluding carboxylic acids is 1. The Bertz CT molecular complexity index is 1130. The molecule has 0 atom stereocenters. The molecular weight excluding hydrogens is 478 g/mol. The molecule has 3 rings (SSSR count). The van der Waals surface area contributed by atoms with E-state index in [-0.39, 0.29) is 24.5 Å². The van der Waals surface area contributed by atoms with Crippen molar-refractivity contribution in [2.45, 2.75) is 13.3 Å². The zero-order valence-corrected chi connectivity index (χ0v) is 19.4. The molecule has 0 unspecified atom stereocenters. The molecule has 0 N–H and O–H groups in total. The van der Waals surface area contributed by atoms with Gasteiger partial charge in [-0.25, -0.2) is 9.78 Å². The van der Waals surface area contributed by atoms with Gasteiger partial charge in [0.05, 0.1) is 17.5 Å². The largest absolute Gasteiger partial charge is 0.490 e. The van der Waals surface area contributed by atoms with Crippen LogP contribution in [0.25, 0.3) is 10.9 Å². The number of benzene rings is 2. The highest BCUT2D eigenvalue weighted by Crippen LogP contribution is 2.36. The molecule has 2 aromatic carbocycles. The fourth-order valence-corrected chi connectivity index (χ4v) is 3.61. The van der Waals surface area contributed by atoms with E-state index in [9.17, 15) is 18.0 Å². The summed E-state index contributed by atoms with van der Waals surface area (Å²) >= 11 is 12.6. The number of fused-ring (bicyclic) bond motifs is 1. The average molecular weight is 500 g/mol. The third kappa shape index (κ3) is 5.53. The van der Waals surface area contributed by atoms with Crippen LogP contribution in [0.4, 0.5) is 13.2 Å². The van der Waals surface area contributed by atoms with Gasteiger partial charge in [0.1, 0.15) is 26.6 Å². The van der Waals surface area contributed by atoms with Gasteiger partial charge in [0.15, 0.2) is 11.4 Å². The van der Waals surface area contributed by atoms with Crippen LogP contribution in [0, 0.1) is 5.41 Å². The van der Waals surface area contributed by atoms with Crippen molar-refractivity contribution in [2.75, 3.05) is 33.2 Å². The van der Waals surface area contributed by atoms with Crippen LogP contribution >= 0.6 is 23.2 Å². The standard InChI is InChI=1S/C24H22Cl2F3NO3/c1-2-32-23(31)21-22(33-14-24(11-27,12-28)13-29)18(9-15-5-3-4-6-19(15)26)17-10-16(25)7-8-20(17)30-21/h3-8,10H,2,9,11-14H2,1H3. The van der Waals surface area contributed by atoms with Crippen LogP contribution in [0.1, 0.15) is 28.5 Å². The van der Waals surface area contributed by atoms with Gasteiger partial charge in [-0.15, -0.1) is 0 Å². The first-order chi connectivity index (χ1) is 15.9. The zero-order chi connectivity index (χ0) is 24.0. The Hall–Kier alpha value is -2.51. The van der Waals surface area contributed by atoms with Crippen molar-refractivity contribution in [3.8, 4) is 5.75 Å². The molecule has 1 aromatic heterocycles. The van der Waals surface area contributed by atoms with Gasteiger partial charge in [-0.3, -0.25) is 13.2 Å². The topological polar surface area (TPSA) is 48.4 Å². The molecule has 0 fully saturated rings. The van der Waals surface area contributed by atoms with Gasteiger partial charge in [0.25, 0.3) is 0 Å². The van der Waals surface area contributed by atoms with Crippen molar-refractivity contribution >= 4 is 40.1 Å². The number of hydrogen-bond acceptors (Lipinski definition) is 4. The van der Waals surface area contributed by atoms with Crippen molar-refractivity contribution in [3.05, 3.63) is 69.3 Å². The van der Waals surface area contributed by atoms with E-state index in [1.807, 2.05) is 0 Å². The van der Waals surface area contributed by atoms with Crippen LogP contribution in [-0.4, -0.2) is 44.2 Å². The molecule has 0 aliphatic carbocycles. The van der Waals surface area contributed by atoms with E-state index < -0.39 is 38.0 Å². The lowest BCUT2D eigenvalue weighted by Gasteiger charge is -2.26. The molecule has 4 nitrogen and oxygen atoms in total. The summed E-state index contributed by atoms with van der Waals surface area (Å²) < 4.78 is 51.4. The second-order valence-corrected chi connectivity index (χ2v) is 8.45. The van der Waals surface area contributed by atoms with Gasteiger partial charge >= 0.3 is 5.97 Å². The maximum absolute atomic E-state index is 13.5. The average Bonchev–Trinajstić information content (AvgIpc) is 2.82. The van der Waals surface area contributed by atoms with Crippen LogP contribution in [0.15, 0.2) is 42.5 Å². The second kappa shape index (κ2) is 11.1. The summed E-state index contributed by atoms with van der Waals surface area (Å²) in [5.74, 6) is -0.834. The summed E-state index contributed by atoms with van der Waals surface area (Å²) in [6.07, 6.45) is 0.189. The molecule has 3 aromatic rings. The normalized spacial score (nSPS) is 11.6. The number of alkyl halides is 3. The Labute approximate surface area is 199 Å². The lowest BCUT2D eigenvalue weighted by Crippen LogP contribution is -2.36. The molecular formula is C24H22Cl2F3NO3. The monoisotopic (exact) mass is 499 g/mol. The van der Waals surface area contributed by atoms with E-state index in [0.717, 1.165) is 0 Å². The number of nitrogens with zero attached hydrogens (tertiary/aromatic N) is 1. The van der Waals surface area contributed by atoms with Crippen molar-refractivity contribution in [1.82, 2.24) is 4.98 Å². The predicted octanol–water partition coefficient (Wildman–Crippen LogP) is 6.58. The Morgan fingerprint density at radius 3 is 2.39 bits per heavy atom. The smallest absolute Gasteiger partial charge is 0.360 e. The van der Waals surface area contributed by atoms with Crippen molar-refractivity contribution in [3.63, 3.8) is 0 Å². The van der Waals surface area contributed by atoms with Crippen LogP contribution in [0.3, 0.4) is 0 Å². The second-order valence-electron chi connectivity index (χ2n) is 7.61. The van der Waals surface area contributed by atoms with E-state index in [0.29, 0.717) is 32.1 Å². The quantitative estimate of drug-likeness (QED) is 0.295. The molecule has 0 aliphatic heterocycles. The molecule has 1 heterocycles. The van der Waals surface area contributed by atoms with Gasteiger partial charge in [-0.05, 0) is 36.8 Å². The number of ether oxygens (including phenoxy) is 2. The summed E-state index contributed by atoms with van der Waals surface area (Å²) in [4.78, 5) is 17.1. The van der Waals surface area contributed by atoms with Gasteiger partial charge in [0.2, 0.25) is 0 Å². The molecule has 176 valence electrons. The van der Waals surface area contributed by atoms with Crippen molar-refractivity contribution in [1.29, 1.82) is 0 Å². The van der Waals surface area contributed by atoms with Gasteiger partial charge in [-0.2, -0.15) is 0 Å². The van der Waals surface area contributed by atoms with Gasteiger partial charge in [0, 0.05) is 27.4 Å². The highest BCUT2D eigenvalue weighted by molar-refractivity contribution is 6.31. The first-order valence-corrected chi connectivity index (χ1v) is 11.0. The number of aromatic nitrogens is 1. The summed E-state index contributed by atoms with van der Waals surface area (Å²) in [5, 5.41) is 1.43. The maximum atomic E-state index is 13.5. The minimum Gasteiger partial charge on any atom is -0.490 e. The van der Waals surface area contributed by atoms with Crippen molar-refractivity contribution < 1.29 is 27.4 Å². The summed E-state index contributed by atoms with van der Waals surface area (Å²) in [6, 6.07) is 12.0. The first-order valence-electron chi connectivity index (χ1n) is 10.2. The lowest BCUT2D eigenvalue weighted by molar-refractivity contribution is 0.0464. The lowest BCUT2D eigenvalue weighted by atomic mass is 9.94. The van der Waals surface area contributed by atoms with Crippen molar-refractivity contribution in [2.24, 2.45) is 5.41 Å². The summed E-state index contributed by atoms with van der Waals surface area (Å²) in [5.41, 5.74) is -0.566. The number of rotatable bonds is 10. The summed E-state index contributed by atoms with van der Waals surface area (Å²) in [7, 11) is 0. The van der Waals surface area contributed by atoms with E-state index in [2.05, 4.69) is 4.98 Å². The first kappa shape index (κ1) is 25.1. The summed E-state index contributed by atoms with van der Waals surface area (Å²) in [6.45, 7) is -2.78. The Morgan fingerprint density at radius 1 is 1.06 bits per heavy atom. The van der Waals surface area contributed by atoms with E-state index in [4.69, 9.17) is 32.7 Å². The number of hydrogen-bond donors (Lipinski definition) is 0. The molecule has 9 heteroatoms. The molecule has 0 radical (unpaired) electrons. The molecule has 33 heavy (non-hydrogen) atoms. The third-order valence-corrected chi connectivity index (χ3v) is 5.78.